The molecule has 2 aromatic heterocycles. The van der Waals surface area contributed by atoms with Crippen molar-refractivity contribution in [3.63, 3.8) is 0 Å². The molecule has 3 aromatic rings. The minimum absolute atomic E-state index is 0.100. The number of hydrogen-bond acceptors (Lipinski definition) is 5. The molecule has 136 valence electrons. The number of halogens is 6. The number of benzene rings is 1. The fourth-order valence-electron chi connectivity index (χ4n) is 2.35. The number of hydrogen-bond donors (Lipinski definition) is 2. The summed E-state index contributed by atoms with van der Waals surface area (Å²) in [6.45, 7) is 0. The van der Waals surface area contributed by atoms with E-state index in [0.717, 1.165) is 12.4 Å². The average Bonchev–Trinajstić information content (AvgIpc) is 2.54. The zero-order valence-corrected chi connectivity index (χ0v) is 13.8. The first-order chi connectivity index (χ1) is 12.0. The Hall–Kier alpha value is -2.59. The highest BCUT2D eigenvalue weighted by Gasteiger charge is 2.38. The van der Waals surface area contributed by atoms with Gasteiger partial charge in [0, 0.05) is 0 Å². The lowest BCUT2D eigenvalue weighted by Crippen LogP contribution is -2.28. The van der Waals surface area contributed by atoms with Crippen LogP contribution >= 0.6 is 23.2 Å². The zero-order chi connectivity index (χ0) is 19.4. The molecular formula is C14H6Cl2F4N4O2. The van der Waals surface area contributed by atoms with Crippen LogP contribution in [-0.4, -0.2) is 19.6 Å². The van der Waals surface area contributed by atoms with Gasteiger partial charge < -0.3 is 10.8 Å². The first-order valence-electron chi connectivity index (χ1n) is 6.64. The molecule has 0 bridgehead atoms. The van der Waals surface area contributed by atoms with Crippen LogP contribution in [0.3, 0.4) is 0 Å². The van der Waals surface area contributed by atoms with Crippen LogP contribution in [0.5, 0.6) is 5.75 Å². The van der Waals surface area contributed by atoms with E-state index in [9.17, 15) is 27.5 Å². The number of phenolic OH excluding ortho intramolecular Hbond substituents is 1. The van der Waals surface area contributed by atoms with E-state index in [1.807, 2.05) is 0 Å². The van der Waals surface area contributed by atoms with Gasteiger partial charge in [-0.05, 0) is 12.1 Å². The number of phenols is 1. The molecule has 26 heavy (non-hydrogen) atoms. The molecule has 0 radical (unpaired) electrons. The fraction of sp³-hybridized carbons (Fsp3) is 0.0714. The summed E-state index contributed by atoms with van der Waals surface area (Å²) in [6, 6.07) is 1.26. The van der Waals surface area contributed by atoms with Crippen LogP contribution in [0.25, 0.3) is 16.6 Å². The second-order valence-electron chi connectivity index (χ2n) is 5.04. The van der Waals surface area contributed by atoms with Gasteiger partial charge in [0.1, 0.15) is 29.0 Å². The topological polar surface area (TPSA) is 94.0 Å². The van der Waals surface area contributed by atoms with Gasteiger partial charge in [0.2, 0.25) is 0 Å². The normalized spacial score (nSPS) is 11.9. The molecular weight excluding hydrogens is 403 g/mol. The molecule has 2 heterocycles. The second-order valence-corrected chi connectivity index (χ2v) is 5.85. The van der Waals surface area contributed by atoms with E-state index >= 15 is 0 Å². The number of anilines is 1. The molecule has 0 aliphatic rings. The average molecular weight is 409 g/mol. The van der Waals surface area contributed by atoms with Crippen molar-refractivity contribution in [3.05, 3.63) is 50.4 Å². The molecule has 0 aliphatic heterocycles. The van der Waals surface area contributed by atoms with Crippen LogP contribution in [0.15, 0.2) is 23.3 Å². The Bertz CT molecular complexity index is 1090. The summed E-state index contributed by atoms with van der Waals surface area (Å²) in [6.07, 6.45) is -4.26. The molecule has 0 saturated carbocycles. The SMILES string of the molecule is Nc1ncnc2c(=O)n(-c3c(O)c(Cl)cc(Cl)c3F)c(C(F)(F)F)cc12. The Morgan fingerprint density at radius 2 is 1.81 bits per heavy atom. The van der Waals surface area contributed by atoms with Crippen molar-refractivity contribution in [1.82, 2.24) is 14.5 Å². The smallest absolute Gasteiger partial charge is 0.431 e. The molecule has 0 atom stereocenters. The van der Waals surface area contributed by atoms with Crippen LogP contribution in [0.2, 0.25) is 10.0 Å². The quantitative estimate of drug-likeness (QED) is 0.474. The van der Waals surface area contributed by atoms with E-state index < -0.39 is 50.2 Å². The van der Waals surface area contributed by atoms with Gasteiger partial charge in [-0.1, -0.05) is 23.2 Å². The molecule has 0 unspecified atom stereocenters. The van der Waals surface area contributed by atoms with Gasteiger partial charge in [0.05, 0.1) is 15.4 Å². The first kappa shape index (κ1) is 18.2. The number of aromatic nitrogens is 3. The molecule has 0 spiro atoms. The molecule has 0 amide bonds. The predicted octanol–water partition coefficient (Wildman–Crippen LogP) is 3.53. The third kappa shape index (κ3) is 2.71. The summed E-state index contributed by atoms with van der Waals surface area (Å²) >= 11 is 11.3. The Labute approximate surface area is 151 Å². The van der Waals surface area contributed by atoms with Crippen molar-refractivity contribution in [1.29, 1.82) is 0 Å². The van der Waals surface area contributed by atoms with Crippen molar-refractivity contribution in [2.75, 3.05) is 5.73 Å². The number of nitrogens with two attached hydrogens (primary N) is 1. The summed E-state index contributed by atoms with van der Waals surface area (Å²) < 4.78 is 54.9. The Morgan fingerprint density at radius 3 is 2.42 bits per heavy atom. The minimum Gasteiger partial charge on any atom is -0.504 e. The van der Waals surface area contributed by atoms with Gasteiger partial charge in [0.25, 0.3) is 5.56 Å². The molecule has 6 nitrogen and oxygen atoms in total. The predicted molar refractivity (Wildman–Crippen MR) is 86.2 cm³/mol. The number of rotatable bonds is 1. The van der Waals surface area contributed by atoms with Crippen LogP contribution in [0.1, 0.15) is 5.69 Å². The van der Waals surface area contributed by atoms with Crippen molar-refractivity contribution < 1.29 is 22.7 Å². The van der Waals surface area contributed by atoms with E-state index in [4.69, 9.17) is 28.9 Å². The molecule has 3 N–H and O–H groups in total. The maximum atomic E-state index is 14.4. The Morgan fingerprint density at radius 1 is 1.15 bits per heavy atom. The van der Waals surface area contributed by atoms with Crippen molar-refractivity contribution in [2.24, 2.45) is 0 Å². The monoisotopic (exact) mass is 408 g/mol. The number of fused-ring (bicyclic) bond motifs is 1. The van der Waals surface area contributed by atoms with Crippen molar-refractivity contribution in [2.45, 2.75) is 6.18 Å². The number of aromatic hydroxyl groups is 1. The summed E-state index contributed by atoms with van der Waals surface area (Å²) in [5.41, 5.74) is 0.821. The van der Waals surface area contributed by atoms with E-state index in [1.54, 1.807) is 0 Å². The molecule has 0 aliphatic carbocycles. The number of nitrogens with zero attached hydrogens (tertiary/aromatic N) is 3. The summed E-state index contributed by atoms with van der Waals surface area (Å²) in [5.74, 6) is -2.94. The van der Waals surface area contributed by atoms with Gasteiger partial charge in [-0.2, -0.15) is 13.2 Å². The van der Waals surface area contributed by atoms with Crippen LogP contribution in [0, 0.1) is 5.82 Å². The van der Waals surface area contributed by atoms with E-state index in [1.165, 1.54) is 0 Å². The van der Waals surface area contributed by atoms with E-state index in [2.05, 4.69) is 9.97 Å². The summed E-state index contributed by atoms with van der Waals surface area (Å²) in [4.78, 5) is 19.7. The van der Waals surface area contributed by atoms with Gasteiger partial charge >= 0.3 is 6.18 Å². The maximum absolute atomic E-state index is 14.4. The Kier molecular flexibility index (Phi) is 4.20. The highest BCUT2D eigenvalue weighted by Crippen LogP contribution is 2.40. The van der Waals surface area contributed by atoms with E-state index in [0.29, 0.717) is 6.07 Å². The third-order valence-corrected chi connectivity index (χ3v) is 4.04. The minimum atomic E-state index is -5.12. The third-order valence-electron chi connectivity index (χ3n) is 3.48. The van der Waals surface area contributed by atoms with Gasteiger partial charge in [-0.3, -0.25) is 9.36 Å². The van der Waals surface area contributed by atoms with Crippen LogP contribution < -0.4 is 11.3 Å². The summed E-state index contributed by atoms with van der Waals surface area (Å²) in [5, 5.41) is 8.36. The highest BCUT2D eigenvalue weighted by atomic mass is 35.5. The molecule has 0 fully saturated rings. The zero-order valence-electron chi connectivity index (χ0n) is 12.3. The molecule has 3 rings (SSSR count). The fourth-order valence-corrected chi connectivity index (χ4v) is 2.80. The second kappa shape index (κ2) is 5.99. The van der Waals surface area contributed by atoms with Gasteiger partial charge in [-0.25, -0.2) is 14.4 Å². The Balaban J connectivity index is 2.60. The summed E-state index contributed by atoms with van der Waals surface area (Å²) in [7, 11) is 0. The maximum Gasteiger partial charge on any atom is 0.431 e. The molecule has 0 saturated heterocycles. The van der Waals surface area contributed by atoms with Crippen LogP contribution in [-0.2, 0) is 6.18 Å². The van der Waals surface area contributed by atoms with Crippen molar-refractivity contribution in [3.8, 4) is 11.4 Å². The number of alkyl halides is 3. The number of nitrogen functional groups attached to an aromatic ring is 1. The van der Waals surface area contributed by atoms with Crippen LogP contribution in [0.4, 0.5) is 23.4 Å². The van der Waals surface area contributed by atoms with E-state index in [-0.39, 0.29) is 15.8 Å². The van der Waals surface area contributed by atoms with Gasteiger partial charge in [0.15, 0.2) is 11.6 Å². The lowest BCUT2D eigenvalue weighted by Gasteiger charge is -2.18. The first-order valence-corrected chi connectivity index (χ1v) is 7.40. The van der Waals surface area contributed by atoms with Crippen molar-refractivity contribution >= 4 is 39.9 Å². The molecule has 12 heteroatoms. The van der Waals surface area contributed by atoms with Gasteiger partial charge in [-0.15, -0.1) is 0 Å². The largest absolute Gasteiger partial charge is 0.504 e. The molecule has 1 aromatic carbocycles. The number of pyridine rings is 1. The lowest BCUT2D eigenvalue weighted by molar-refractivity contribution is -0.142. The lowest BCUT2D eigenvalue weighted by atomic mass is 10.2. The standard InChI is InChI=1S/C14H6Cl2F4N4O2/c15-5-2-6(16)11(25)10(8(5)17)24-7(14(18,19)20)1-4-9(13(24)26)22-3-23-12(4)21/h1-3,25H,(H2,21,22,23). The highest BCUT2D eigenvalue weighted by molar-refractivity contribution is 6.36.